The maximum absolute atomic E-state index is 13.7. The van der Waals surface area contributed by atoms with Crippen molar-refractivity contribution in [2.75, 3.05) is 50.8 Å². The van der Waals surface area contributed by atoms with Crippen molar-refractivity contribution < 1.29 is 14.3 Å². The van der Waals surface area contributed by atoms with Gasteiger partial charge in [0, 0.05) is 38.1 Å². The molecule has 0 unspecified atom stereocenters. The molecular formula is C32H47N5O3. The summed E-state index contributed by atoms with van der Waals surface area (Å²) in [6, 6.07) is 11.1. The summed E-state index contributed by atoms with van der Waals surface area (Å²) in [5, 5.41) is 0. The molecule has 3 aliphatic rings. The molecule has 8 nitrogen and oxygen atoms in total. The van der Waals surface area contributed by atoms with Crippen molar-refractivity contribution >= 4 is 11.8 Å². The summed E-state index contributed by atoms with van der Waals surface area (Å²) in [5.41, 5.74) is 11.8. The molecule has 0 spiro atoms. The summed E-state index contributed by atoms with van der Waals surface area (Å²) >= 11 is 0. The Morgan fingerprint density at radius 2 is 1.95 bits per heavy atom. The lowest BCUT2D eigenvalue weighted by Gasteiger charge is -2.44. The van der Waals surface area contributed by atoms with E-state index in [4.69, 9.17) is 20.2 Å². The topological polar surface area (TPSA) is 84.2 Å². The first-order chi connectivity index (χ1) is 19.3. The number of aryl methyl sites for hydroxylation is 1. The van der Waals surface area contributed by atoms with Crippen LogP contribution in [0.2, 0.25) is 0 Å². The third-order valence-electron chi connectivity index (χ3n) is 8.40. The van der Waals surface area contributed by atoms with Gasteiger partial charge in [-0.2, -0.15) is 0 Å². The van der Waals surface area contributed by atoms with E-state index in [9.17, 15) is 4.79 Å². The predicted octanol–water partition coefficient (Wildman–Crippen LogP) is 4.70. The standard InChI is InChI=1S/C32H47N5O3/c1-32(2,3)40-31(38)37-22-25-10-7-12-28(35-17-19-39-20-18-35)27(25)21-26(37)23-36(16-5-4-14-33)29-13-6-9-24-11-8-15-34-30(24)29/h7-8,10-12,15,26,29H,4-6,9,13-14,16-23,33H2,1-3H3/t26-,29+/m1/s1. The third kappa shape index (κ3) is 6.78. The zero-order valence-corrected chi connectivity index (χ0v) is 24.6. The average molecular weight is 550 g/mol. The van der Waals surface area contributed by atoms with Gasteiger partial charge in [-0.15, -0.1) is 0 Å². The van der Waals surface area contributed by atoms with E-state index in [-0.39, 0.29) is 18.2 Å². The Bertz CT molecular complexity index is 1140. The Kier molecular flexibility index (Phi) is 9.28. The van der Waals surface area contributed by atoms with Gasteiger partial charge in [0.25, 0.3) is 0 Å². The first-order valence-corrected chi connectivity index (χ1v) is 15.1. The van der Waals surface area contributed by atoms with Gasteiger partial charge in [-0.3, -0.25) is 14.8 Å². The number of hydrogen-bond acceptors (Lipinski definition) is 7. The van der Waals surface area contributed by atoms with Crippen LogP contribution in [0.15, 0.2) is 36.5 Å². The summed E-state index contributed by atoms with van der Waals surface area (Å²) < 4.78 is 11.6. The number of nitrogens with zero attached hydrogens (tertiary/aromatic N) is 4. The number of carbonyl (C=O) groups excluding carboxylic acids is 1. The first kappa shape index (κ1) is 28.8. The highest BCUT2D eigenvalue weighted by atomic mass is 16.6. The first-order valence-electron chi connectivity index (χ1n) is 15.1. The second-order valence-electron chi connectivity index (χ2n) is 12.4. The highest BCUT2D eigenvalue weighted by Gasteiger charge is 2.37. The van der Waals surface area contributed by atoms with Crippen LogP contribution in [0.1, 0.15) is 74.9 Å². The Morgan fingerprint density at radius 3 is 2.73 bits per heavy atom. The van der Waals surface area contributed by atoms with E-state index in [2.05, 4.69) is 40.1 Å². The summed E-state index contributed by atoms with van der Waals surface area (Å²) in [6.07, 6.45) is 7.84. The molecule has 1 fully saturated rings. The Balaban J connectivity index is 1.47. The number of anilines is 1. The summed E-state index contributed by atoms with van der Waals surface area (Å²) in [6.45, 7) is 12.1. The monoisotopic (exact) mass is 549 g/mol. The second-order valence-corrected chi connectivity index (χ2v) is 12.4. The maximum Gasteiger partial charge on any atom is 0.410 e. The largest absolute Gasteiger partial charge is 0.444 e. The molecule has 1 aromatic carbocycles. The van der Waals surface area contributed by atoms with Gasteiger partial charge >= 0.3 is 6.09 Å². The zero-order chi connectivity index (χ0) is 28.1. The van der Waals surface area contributed by atoms with Crippen LogP contribution in [-0.2, 0) is 28.9 Å². The van der Waals surface area contributed by atoms with Gasteiger partial charge in [0.2, 0.25) is 0 Å². The Hall–Kier alpha value is -2.68. The molecule has 218 valence electrons. The summed E-state index contributed by atoms with van der Waals surface area (Å²) in [7, 11) is 0. The van der Waals surface area contributed by atoms with E-state index >= 15 is 0 Å². The molecule has 1 aromatic heterocycles. The number of aromatic nitrogens is 1. The molecule has 8 heteroatoms. The molecule has 5 rings (SSSR count). The van der Waals surface area contributed by atoms with Crippen LogP contribution in [0.4, 0.5) is 10.5 Å². The third-order valence-corrected chi connectivity index (χ3v) is 8.40. The number of benzene rings is 1. The van der Waals surface area contributed by atoms with Crippen molar-refractivity contribution in [2.24, 2.45) is 5.73 Å². The van der Waals surface area contributed by atoms with Crippen LogP contribution in [0.25, 0.3) is 0 Å². The van der Waals surface area contributed by atoms with Crippen LogP contribution in [0, 0.1) is 0 Å². The number of unbranched alkanes of at least 4 members (excludes halogenated alkanes) is 1. The molecule has 2 aliphatic heterocycles. The molecule has 0 bridgehead atoms. The summed E-state index contributed by atoms with van der Waals surface area (Å²) in [4.78, 5) is 25.5. The zero-order valence-electron chi connectivity index (χ0n) is 24.6. The van der Waals surface area contributed by atoms with Crippen LogP contribution in [0.5, 0.6) is 0 Å². The van der Waals surface area contributed by atoms with Crippen LogP contribution in [-0.4, -0.2) is 78.5 Å². The molecule has 1 saturated heterocycles. The van der Waals surface area contributed by atoms with E-state index < -0.39 is 5.60 Å². The fourth-order valence-electron chi connectivity index (χ4n) is 6.51. The fraction of sp³-hybridized carbons (Fsp3) is 0.625. The van der Waals surface area contributed by atoms with Gasteiger partial charge in [-0.25, -0.2) is 4.79 Å². The van der Waals surface area contributed by atoms with Gasteiger partial charge in [-0.1, -0.05) is 18.2 Å². The van der Waals surface area contributed by atoms with E-state index in [1.54, 1.807) is 0 Å². The minimum Gasteiger partial charge on any atom is -0.444 e. The Labute approximate surface area is 239 Å². The minimum atomic E-state index is -0.551. The van der Waals surface area contributed by atoms with E-state index in [1.807, 2.05) is 31.9 Å². The Morgan fingerprint density at radius 1 is 1.15 bits per heavy atom. The number of rotatable bonds is 8. The van der Waals surface area contributed by atoms with E-state index in [0.717, 1.165) is 77.9 Å². The lowest BCUT2D eigenvalue weighted by atomic mass is 9.88. The van der Waals surface area contributed by atoms with Crippen molar-refractivity contribution in [2.45, 2.75) is 83.5 Å². The lowest BCUT2D eigenvalue weighted by molar-refractivity contribution is 0.00457. The molecule has 0 saturated carbocycles. The number of carbonyl (C=O) groups is 1. The van der Waals surface area contributed by atoms with E-state index in [0.29, 0.717) is 13.1 Å². The molecule has 0 radical (unpaired) electrons. The van der Waals surface area contributed by atoms with Gasteiger partial charge < -0.3 is 20.1 Å². The van der Waals surface area contributed by atoms with Crippen molar-refractivity contribution in [3.63, 3.8) is 0 Å². The molecule has 3 heterocycles. The SMILES string of the molecule is CC(C)(C)OC(=O)N1Cc2cccc(N3CCOCC3)c2C[C@@H]1CN(CCCCN)[C@H]1CCCc2cccnc21. The molecule has 2 N–H and O–H groups in total. The van der Waals surface area contributed by atoms with E-state index in [1.165, 1.54) is 28.1 Å². The molecule has 40 heavy (non-hydrogen) atoms. The van der Waals surface area contributed by atoms with Crippen molar-refractivity contribution in [1.29, 1.82) is 0 Å². The predicted molar refractivity (Wildman–Crippen MR) is 159 cm³/mol. The molecule has 2 atom stereocenters. The van der Waals surface area contributed by atoms with Crippen LogP contribution in [0.3, 0.4) is 0 Å². The molecule has 1 amide bonds. The normalized spacial score (nSPS) is 21.2. The van der Waals surface area contributed by atoms with Crippen molar-refractivity contribution in [1.82, 2.24) is 14.8 Å². The maximum atomic E-state index is 13.7. The fourth-order valence-corrected chi connectivity index (χ4v) is 6.51. The average Bonchev–Trinajstić information content (AvgIpc) is 2.95. The van der Waals surface area contributed by atoms with Gasteiger partial charge in [0.15, 0.2) is 0 Å². The highest BCUT2D eigenvalue weighted by molar-refractivity contribution is 5.70. The van der Waals surface area contributed by atoms with Crippen LogP contribution >= 0.6 is 0 Å². The molecule has 1 aliphatic carbocycles. The molecular weight excluding hydrogens is 502 g/mol. The minimum absolute atomic E-state index is 0.00324. The number of hydrogen-bond donors (Lipinski definition) is 1. The van der Waals surface area contributed by atoms with Crippen molar-refractivity contribution in [3.05, 3.63) is 58.9 Å². The number of amides is 1. The van der Waals surface area contributed by atoms with Gasteiger partial charge in [0.05, 0.1) is 31.0 Å². The van der Waals surface area contributed by atoms with Gasteiger partial charge in [-0.05, 0) is 101 Å². The molecule has 2 aromatic rings. The second kappa shape index (κ2) is 12.9. The number of fused-ring (bicyclic) bond motifs is 2. The van der Waals surface area contributed by atoms with Crippen molar-refractivity contribution in [3.8, 4) is 0 Å². The summed E-state index contributed by atoms with van der Waals surface area (Å²) in [5.74, 6) is 0. The smallest absolute Gasteiger partial charge is 0.410 e. The van der Waals surface area contributed by atoms with Gasteiger partial charge in [0.1, 0.15) is 5.60 Å². The lowest BCUT2D eigenvalue weighted by Crippen LogP contribution is -2.52. The number of pyridine rings is 1. The number of morpholine rings is 1. The number of nitrogens with two attached hydrogens (primary N) is 1. The number of ether oxygens (including phenoxy) is 2. The quantitative estimate of drug-likeness (QED) is 0.478. The van der Waals surface area contributed by atoms with Crippen LogP contribution < -0.4 is 10.6 Å². The highest BCUT2D eigenvalue weighted by Crippen LogP contribution is 2.37.